The van der Waals surface area contributed by atoms with Gasteiger partial charge in [0.05, 0.1) is 11.1 Å². The zero-order valence-corrected chi connectivity index (χ0v) is 35.4. The van der Waals surface area contributed by atoms with Crippen LogP contribution in [-0.4, -0.2) is 6.85 Å². The summed E-state index contributed by atoms with van der Waals surface area (Å²) in [6.45, 7) is 6.71. The second-order valence-electron chi connectivity index (χ2n) is 18.7. The van der Waals surface area contributed by atoms with Gasteiger partial charge < -0.3 is 9.23 Å². The van der Waals surface area contributed by atoms with E-state index in [2.05, 4.69) is 225 Å². The first-order chi connectivity index (χ1) is 30.9. The number of furan rings is 1. The average molecular weight is 805 g/mol. The molecule has 0 saturated heterocycles. The van der Waals surface area contributed by atoms with Crippen LogP contribution in [0.15, 0.2) is 199 Å². The molecule has 0 amide bonds. The van der Waals surface area contributed by atoms with Crippen molar-refractivity contribution in [3.05, 3.63) is 222 Å². The van der Waals surface area contributed by atoms with Crippen molar-refractivity contribution in [3.8, 4) is 33.4 Å². The lowest BCUT2D eigenvalue weighted by Gasteiger charge is -2.51. The van der Waals surface area contributed by atoms with Crippen molar-refractivity contribution in [1.82, 2.24) is 0 Å². The predicted molar refractivity (Wildman–Crippen MR) is 262 cm³/mol. The summed E-state index contributed by atoms with van der Waals surface area (Å²) < 4.78 is 7.31. The third-order valence-electron chi connectivity index (χ3n) is 14.6. The molecule has 0 bridgehead atoms. The molecule has 1 aromatic heterocycles. The summed E-state index contributed by atoms with van der Waals surface area (Å²) in [4.78, 5) is 5.16. The van der Waals surface area contributed by atoms with Crippen LogP contribution in [0.1, 0.15) is 48.6 Å². The van der Waals surface area contributed by atoms with Gasteiger partial charge in [-0.2, -0.15) is 0 Å². The van der Waals surface area contributed by atoms with Gasteiger partial charge >= 0.3 is 6.85 Å². The highest BCUT2D eigenvalue weighted by Crippen LogP contribution is 2.65. The number of hydrogen-bond acceptors (Lipinski definition) is 3. The van der Waals surface area contributed by atoms with Crippen molar-refractivity contribution < 1.29 is 4.42 Å². The van der Waals surface area contributed by atoms with Gasteiger partial charge in [-0.3, -0.25) is 4.90 Å². The molecule has 0 atom stereocenters. The van der Waals surface area contributed by atoms with Gasteiger partial charge in [-0.1, -0.05) is 185 Å². The predicted octanol–water partition coefficient (Wildman–Crippen LogP) is 13.9. The molecule has 1 spiro atoms. The maximum absolute atomic E-state index is 7.31. The van der Waals surface area contributed by atoms with Gasteiger partial charge in [0.2, 0.25) is 5.88 Å². The molecule has 0 radical (unpaired) electrons. The standard InChI is InChI=1S/C59H41BN2O/c1-58(2,3)38-32-33-49(44(35-38)36-18-5-4-6-19-36)61-51-34-37-20-7-8-21-39(37)53-43-25-17-29-48-56(43)62(60(55(51)53)54-42-24-11-16-31-52(42)63-57(54)61)50-30-15-14-28-47(50)59(48)45-26-12-9-22-40(45)41-23-10-13-27-46(41)59/h4-35H,1-3H3. The van der Waals surface area contributed by atoms with E-state index in [4.69, 9.17) is 4.42 Å². The summed E-state index contributed by atoms with van der Waals surface area (Å²) in [5, 5.41) is 3.60. The molecule has 10 aromatic rings. The van der Waals surface area contributed by atoms with Crippen LogP contribution < -0.4 is 20.6 Å². The average Bonchev–Trinajstić information content (AvgIpc) is 3.85. The van der Waals surface area contributed by atoms with Crippen LogP contribution >= 0.6 is 0 Å². The summed E-state index contributed by atoms with van der Waals surface area (Å²) in [6.07, 6.45) is 0. The summed E-state index contributed by atoms with van der Waals surface area (Å²) in [6, 6.07) is 72.7. The van der Waals surface area contributed by atoms with Crippen LogP contribution in [0.4, 0.5) is 28.6 Å². The van der Waals surface area contributed by atoms with Gasteiger partial charge in [0.1, 0.15) is 5.58 Å². The minimum atomic E-state index is -0.516. The van der Waals surface area contributed by atoms with E-state index >= 15 is 0 Å². The van der Waals surface area contributed by atoms with Crippen LogP contribution in [-0.2, 0) is 10.8 Å². The Morgan fingerprint density at radius 1 is 0.476 bits per heavy atom. The maximum Gasteiger partial charge on any atom is 0.337 e. The topological polar surface area (TPSA) is 19.6 Å². The van der Waals surface area contributed by atoms with Crippen molar-refractivity contribution in [1.29, 1.82) is 0 Å². The molecule has 0 N–H and O–H groups in total. The molecule has 4 aliphatic rings. The van der Waals surface area contributed by atoms with Crippen LogP contribution in [0.25, 0.3) is 55.1 Å². The lowest BCUT2D eigenvalue weighted by molar-refractivity contribution is 0.590. The summed E-state index contributed by atoms with van der Waals surface area (Å²) >= 11 is 0. The van der Waals surface area contributed by atoms with Gasteiger partial charge in [0, 0.05) is 39.0 Å². The summed E-state index contributed by atoms with van der Waals surface area (Å²) in [5.41, 5.74) is 21.7. The van der Waals surface area contributed by atoms with Crippen LogP contribution in [0.2, 0.25) is 0 Å². The maximum atomic E-state index is 7.31. The van der Waals surface area contributed by atoms with Crippen molar-refractivity contribution in [2.75, 3.05) is 9.71 Å². The number of para-hydroxylation sites is 3. The van der Waals surface area contributed by atoms with Gasteiger partial charge in [0.25, 0.3) is 0 Å². The molecule has 3 aliphatic heterocycles. The Bertz CT molecular complexity index is 3550. The summed E-state index contributed by atoms with van der Waals surface area (Å²) in [7, 11) is 0. The molecule has 0 saturated carbocycles. The van der Waals surface area contributed by atoms with Gasteiger partial charge in [0.15, 0.2) is 0 Å². The smallest absolute Gasteiger partial charge is 0.337 e. The quantitative estimate of drug-likeness (QED) is 0.162. The Labute approximate surface area is 367 Å². The molecule has 63 heavy (non-hydrogen) atoms. The van der Waals surface area contributed by atoms with Crippen molar-refractivity contribution in [2.45, 2.75) is 31.6 Å². The van der Waals surface area contributed by atoms with E-state index in [0.29, 0.717) is 0 Å². The van der Waals surface area contributed by atoms with E-state index in [1.54, 1.807) is 0 Å². The van der Waals surface area contributed by atoms with E-state index in [1.807, 2.05) is 0 Å². The molecule has 14 rings (SSSR count). The van der Waals surface area contributed by atoms with E-state index < -0.39 is 5.41 Å². The fourth-order valence-electron chi connectivity index (χ4n) is 12.0. The molecule has 4 heteroatoms. The highest BCUT2D eigenvalue weighted by atomic mass is 16.4. The van der Waals surface area contributed by atoms with Crippen LogP contribution in [0.3, 0.4) is 0 Å². The van der Waals surface area contributed by atoms with Gasteiger partial charge in [-0.15, -0.1) is 0 Å². The normalized spacial score (nSPS) is 14.6. The second-order valence-corrected chi connectivity index (χ2v) is 18.7. The number of hydrogen-bond donors (Lipinski definition) is 0. The molecule has 296 valence electrons. The largest absolute Gasteiger partial charge is 0.440 e. The monoisotopic (exact) mass is 804 g/mol. The number of anilines is 5. The van der Waals surface area contributed by atoms with Crippen molar-refractivity contribution in [3.63, 3.8) is 0 Å². The minimum Gasteiger partial charge on any atom is -0.440 e. The van der Waals surface area contributed by atoms with Crippen molar-refractivity contribution in [2.24, 2.45) is 0 Å². The molecule has 0 fully saturated rings. The number of fused-ring (bicyclic) bond motifs is 17. The Morgan fingerprint density at radius 3 is 1.89 bits per heavy atom. The highest BCUT2D eigenvalue weighted by Gasteiger charge is 2.57. The molecule has 0 unspecified atom stereocenters. The van der Waals surface area contributed by atoms with E-state index in [-0.39, 0.29) is 12.3 Å². The minimum absolute atomic E-state index is 0.0392. The van der Waals surface area contributed by atoms with Crippen LogP contribution in [0.5, 0.6) is 0 Å². The SMILES string of the molecule is CC(C)(C)c1ccc(N2c3cc4ccccc4c4c3B(c3c2oc2ccccc32)N2c3ccccc3C3(c5ccccc5-c5ccccc53)c3cccc-4c32)c(-c2ccccc2)c1. The molecular formula is C59H41BN2O. The zero-order chi connectivity index (χ0) is 41.8. The second kappa shape index (κ2) is 12.3. The number of rotatable bonds is 2. The highest BCUT2D eigenvalue weighted by molar-refractivity contribution is 6.95. The zero-order valence-electron chi connectivity index (χ0n) is 35.4. The number of nitrogens with zero attached hydrogens (tertiary/aromatic N) is 2. The Kier molecular flexibility index (Phi) is 6.85. The summed E-state index contributed by atoms with van der Waals surface area (Å²) in [5.74, 6) is 0.867. The Morgan fingerprint density at radius 2 is 1.11 bits per heavy atom. The first kappa shape index (κ1) is 35.1. The Hall–Kier alpha value is -7.56. The van der Waals surface area contributed by atoms with E-state index in [9.17, 15) is 0 Å². The van der Waals surface area contributed by atoms with Gasteiger partial charge in [-0.25, -0.2) is 0 Å². The fourth-order valence-corrected chi connectivity index (χ4v) is 12.0. The van der Waals surface area contributed by atoms with Crippen molar-refractivity contribution >= 4 is 68.1 Å². The van der Waals surface area contributed by atoms with Gasteiger partial charge in [-0.05, 0) is 102 Å². The first-order valence-corrected chi connectivity index (χ1v) is 22.2. The van der Waals surface area contributed by atoms with E-state index in [0.717, 1.165) is 28.2 Å². The van der Waals surface area contributed by atoms with E-state index in [1.165, 1.54) is 94.3 Å². The first-order valence-electron chi connectivity index (χ1n) is 22.2. The number of benzene rings is 9. The molecule has 9 aromatic carbocycles. The Balaban J connectivity index is 1.16. The molecule has 4 heterocycles. The fraction of sp³-hybridized carbons (Fsp3) is 0.0847. The van der Waals surface area contributed by atoms with Crippen LogP contribution in [0, 0.1) is 0 Å². The third-order valence-corrected chi connectivity index (χ3v) is 14.6. The molecule has 1 aliphatic carbocycles. The lowest BCUT2D eigenvalue weighted by atomic mass is 9.42. The lowest BCUT2D eigenvalue weighted by Crippen LogP contribution is -2.63. The molecule has 3 nitrogen and oxygen atoms in total. The molecular weight excluding hydrogens is 763 g/mol. The third kappa shape index (κ3) is 4.40.